The first kappa shape index (κ1) is 12.7. The zero-order valence-electron chi connectivity index (χ0n) is 10.2. The van der Waals surface area contributed by atoms with Gasteiger partial charge in [-0.3, -0.25) is 0 Å². The van der Waals surface area contributed by atoms with Crippen LogP contribution < -0.4 is 5.73 Å². The SMILES string of the molecule is COC(CN)c1nc(-c2ccc(C)c(F)c2)no1. The quantitative estimate of drug-likeness (QED) is 0.897. The summed E-state index contributed by atoms with van der Waals surface area (Å²) in [4.78, 5) is 4.14. The fourth-order valence-corrected chi connectivity index (χ4v) is 1.51. The molecule has 2 N–H and O–H groups in total. The maximum Gasteiger partial charge on any atom is 0.257 e. The monoisotopic (exact) mass is 251 g/mol. The molecule has 0 amide bonds. The average Bonchev–Trinajstić information content (AvgIpc) is 2.84. The van der Waals surface area contributed by atoms with Gasteiger partial charge in [-0.2, -0.15) is 4.98 Å². The molecule has 1 atom stereocenters. The summed E-state index contributed by atoms with van der Waals surface area (Å²) in [7, 11) is 1.51. The molecule has 2 aromatic rings. The van der Waals surface area contributed by atoms with Crippen LogP contribution in [0.2, 0.25) is 0 Å². The van der Waals surface area contributed by atoms with E-state index in [-0.39, 0.29) is 18.3 Å². The molecule has 0 saturated carbocycles. The lowest BCUT2D eigenvalue weighted by Crippen LogP contribution is -2.14. The molecule has 0 aliphatic rings. The van der Waals surface area contributed by atoms with E-state index < -0.39 is 6.10 Å². The molecule has 0 aliphatic heterocycles. The van der Waals surface area contributed by atoms with Crippen molar-refractivity contribution in [2.45, 2.75) is 13.0 Å². The third-order valence-corrected chi connectivity index (χ3v) is 2.65. The molecule has 0 saturated heterocycles. The lowest BCUT2D eigenvalue weighted by Gasteiger charge is -2.05. The van der Waals surface area contributed by atoms with Gasteiger partial charge >= 0.3 is 0 Å². The maximum atomic E-state index is 13.4. The van der Waals surface area contributed by atoms with Crippen LogP contribution in [0.15, 0.2) is 22.7 Å². The summed E-state index contributed by atoms with van der Waals surface area (Å²) >= 11 is 0. The van der Waals surface area contributed by atoms with Crippen LogP contribution >= 0.6 is 0 Å². The summed E-state index contributed by atoms with van der Waals surface area (Å²) in [6, 6.07) is 4.77. The topological polar surface area (TPSA) is 74.2 Å². The summed E-state index contributed by atoms with van der Waals surface area (Å²) in [6.07, 6.45) is -0.443. The van der Waals surface area contributed by atoms with Gasteiger partial charge in [0, 0.05) is 19.2 Å². The highest BCUT2D eigenvalue weighted by molar-refractivity contribution is 5.54. The van der Waals surface area contributed by atoms with Gasteiger partial charge in [0.15, 0.2) is 0 Å². The Kier molecular flexibility index (Phi) is 3.69. The molecule has 96 valence electrons. The molecular formula is C12H14FN3O2. The number of aromatic nitrogens is 2. The molecule has 1 heterocycles. The molecule has 6 heteroatoms. The van der Waals surface area contributed by atoms with Crippen LogP contribution in [-0.4, -0.2) is 23.8 Å². The number of hydrogen-bond acceptors (Lipinski definition) is 5. The summed E-state index contributed by atoms with van der Waals surface area (Å²) in [5.41, 5.74) is 6.62. The number of nitrogens with two attached hydrogens (primary N) is 1. The molecule has 18 heavy (non-hydrogen) atoms. The average molecular weight is 251 g/mol. The van der Waals surface area contributed by atoms with Crippen molar-refractivity contribution < 1.29 is 13.7 Å². The van der Waals surface area contributed by atoms with E-state index in [4.69, 9.17) is 15.0 Å². The first-order chi connectivity index (χ1) is 8.65. The van der Waals surface area contributed by atoms with Gasteiger partial charge < -0.3 is 15.0 Å². The van der Waals surface area contributed by atoms with Crippen molar-refractivity contribution in [3.8, 4) is 11.4 Å². The lowest BCUT2D eigenvalue weighted by molar-refractivity contribution is 0.0804. The fraction of sp³-hybridized carbons (Fsp3) is 0.333. The molecule has 0 aliphatic carbocycles. The first-order valence-corrected chi connectivity index (χ1v) is 5.48. The van der Waals surface area contributed by atoms with E-state index in [1.807, 2.05) is 0 Å². The molecule has 0 fully saturated rings. The molecule has 0 radical (unpaired) electrons. The predicted octanol–water partition coefficient (Wildman–Crippen LogP) is 1.83. The Morgan fingerprint density at radius 2 is 2.28 bits per heavy atom. The second kappa shape index (κ2) is 5.24. The number of aryl methyl sites for hydroxylation is 1. The maximum absolute atomic E-state index is 13.4. The molecule has 1 aromatic carbocycles. The Morgan fingerprint density at radius 1 is 1.50 bits per heavy atom. The number of methoxy groups -OCH3 is 1. The molecule has 1 unspecified atom stereocenters. The van der Waals surface area contributed by atoms with Gasteiger partial charge in [-0.15, -0.1) is 0 Å². The standard InChI is InChI=1S/C12H14FN3O2/c1-7-3-4-8(5-9(7)13)11-15-12(18-16-11)10(6-14)17-2/h3-5,10H,6,14H2,1-2H3. The molecular weight excluding hydrogens is 237 g/mol. The van der Waals surface area contributed by atoms with E-state index in [1.54, 1.807) is 19.1 Å². The van der Waals surface area contributed by atoms with Crippen molar-refractivity contribution in [1.82, 2.24) is 10.1 Å². The summed E-state index contributed by atoms with van der Waals surface area (Å²) in [6.45, 7) is 1.93. The molecule has 5 nitrogen and oxygen atoms in total. The van der Waals surface area contributed by atoms with Crippen molar-refractivity contribution >= 4 is 0 Å². The van der Waals surface area contributed by atoms with Gasteiger partial charge in [0.05, 0.1) is 0 Å². The number of rotatable bonds is 4. The van der Waals surface area contributed by atoms with Crippen LogP contribution in [0.3, 0.4) is 0 Å². The smallest absolute Gasteiger partial charge is 0.257 e. The fourth-order valence-electron chi connectivity index (χ4n) is 1.51. The van der Waals surface area contributed by atoms with Crippen molar-refractivity contribution in [2.24, 2.45) is 5.73 Å². The molecule has 0 spiro atoms. The van der Waals surface area contributed by atoms with Crippen molar-refractivity contribution in [3.05, 3.63) is 35.5 Å². The van der Waals surface area contributed by atoms with Gasteiger partial charge in [0.25, 0.3) is 5.89 Å². The van der Waals surface area contributed by atoms with Crippen LogP contribution in [-0.2, 0) is 4.74 Å². The number of ether oxygens (including phenoxy) is 1. The van der Waals surface area contributed by atoms with Gasteiger partial charge in [-0.05, 0) is 18.6 Å². The van der Waals surface area contributed by atoms with E-state index in [9.17, 15) is 4.39 Å². The third-order valence-electron chi connectivity index (χ3n) is 2.65. The van der Waals surface area contributed by atoms with E-state index in [0.717, 1.165) is 0 Å². The molecule has 0 bridgehead atoms. The Bertz CT molecular complexity index is 538. The number of hydrogen-bond donors (Lipinski definition) is 1. The highest BCUT2D eigenvalue weighted by Gasteiger charge is 2.17. The number of nitrogens with zero attached hydrogens (tertiary/aromatic N) is 2. The number of benzene rings is 1. The first-order valence-electron chi connectivity index (χ1n) is 5.48. The van der Waals surface area contributed by atoms with Crippen LogP contribution in [0.25, 0.3) is 11.4 Å². The van der Waals surface area contributed by atoms with Crippen LogP contribution in [0.1, 0.15) is 17.6 Å². The summed E-state index contributed by atoms with van der Waals surface area (Å²) in [5.74, 6) is 0.302. The third kappa shape index (κ3) is 2.39. The Morgan fingerprint density at radius 3 is 2.89 bits per heavy atom. The minimum atomic E-state index is -0.443. The Hall–Kier alpha value is -1.79. The highest BCUT2D eigenvalue weighted by atomic mass is 19.1. The van der Waals surface area contributed by atoms with Crippen molar-refractivity contribution in [3.63, 3.8) is 0 Å². The van der Waals surface area contributed by atoms with E-state index >= 15 is 0 Å². The van der Waals surface area contributed by atoms with Gasteiger partial charge in [0.1, 0.15) is 11.9 Å². The Balaban J connectivity index is 2.31. The Labute approximate surface area is 104 Å². The molecule has 2 rings (SSSR count). The minimum Gasteiger partial charge on any atom is -0.370 e. The highest BCUT2D eigenvalue weighted by Crippen LogP contribution is 2.21. The van der Waals surface area contributed by atoms with Crippen molar-refractivity contribution in [1.29, 1.82) is 0 Å². The van der Waals surface area contributed by atoms with E-state index in [1.165, 1.54) is 13.2 Å². The minimum absolute atomic E-state index is 0.237. The zero-order valence-corrected chi connectivity index (χ0v) is 10.2. The van der Waals surface area contributed by atoms with Crippen LogP contribution in [0.4, 0.5) is 4.39 Å². The lowest BCUT2D eigenvalue weighted by atomic mass is 10.1. The van der Waals surface area contributed by atoms with Crippen LogP contribution in [0.5, 0.6) is 0 Å². The van der Waals surface area contributed by atoms with Gasteiger partial charge in [-0.25, -0.2) is 4.39 Å². The summed E-state index contributed by atoms with van der Waals surface area (Å²) < 4.78 is 23.6. The normalized spacial score (nSPS) is 12.7. The predicted molar refractivity (Wildman–Crippen MR) is 63.2 cm³/mol. The van der Waals surface area contributed by atoms with Crippen LogP contribution in [0, 0.1) is 12.7 Å². The van der Waals surface area contributed by atoms with E-state index in [0.29, 0.717) is 17.0 Å². The van der Waals surface area contributed by atoms with Gasteiger partial charge in [-0.1, -0.05) is 17.3 Å². The molecule has 1 aromatic heterocycles. The second-order valence-electron chi connectivity index (χ2n) is 3.88. The van der Waals surface area contributed by atoms with Gasteiger partial charge in [0.2, 0.25) is 5.82 Å². The number of halogens is 1. The zero-order chi connectivity index (χ0) is 13.1. The summed E-state index contributed by atoms with van der Waals surface area (Å²) in [5, 5.41) is 3.79. The largest absolute Gasteiger partial charge is 0.370 e. The second-order valence-corrected chi connectivity index (χ2v) is 3.88. The van der Waals surface area contributed by atoms with E-state index in [2.05, 4.69) is 10.1 Å². The van der Waals surface area contributed by atoms with Crippen molar-refractivity contribution in [2.75, 3.05) is 13.7 Å².